The second-order valence-electron chi connectivity index (χ2n) is 6.92. The molecule has 3 aromatic rings. The molecule has 6 nitrogen and oxygen atoms in total. The van der Waals surface area contributed by atoms with Crippen LogP contribution in [0.25, 0.3) is 5.69 Å². The van der Waals surface area contributed by atoms with E-state index in [1.165, 1.54) is 0 Å². The fourth-order valence-electron chi connectivity index (χ4n) is 3.57. The van der Waals surface area contributed by atoms with Crippen LogP contribution >= 0.6 is 0 Å². The Hall–Kier alpha value is -3.28. The van der Waals surface area contributed by atoms with Gasteiger partial charge in [0.05, 0.1) is 11.6 Å². The van der Waals surface area contributed by atoms with Crippen LogP contribution in [0, 0.1) is 13.8 Å². The van der Waals surface area contributed by atoms with E-state index in [0.29, 0.717) is 18.8 Å². The normalized spacial score (nSPS) is 13.8. The maximum atomic E-state index is 12.9. The minimum absolute atomic E-state index is 0.0961. The predicted octanol–water partition coefficient (Wildman–Crippen LogP) is 3.75. The van der Waals surface area contributed by atoms with Crippen molar-refractivity contribution in [2.75, 3.05) is 13.2 Å². The van der Waals surface area contributed by atoms with Gasteiger partial charge in [-0.2, -0.15) is 0 Å². The number of pyridine rings is 1. The van der Waals surface area contributed by atoms with Gasteiger partial charge in [-0.05, 0) is 56.7 Å². The molecule has 144 valence electrons. The summed E-state index contributed by atoms with van der Waals surface area (Å²) in [5.74, 6) is 1.39. The standard InChI is InChI=1S/C22H23N3O3/c1-14-12-19(22(26)24-15(2)17-6-8-23-9-7-17)16(3)25(14)18-4-5-20-21(13-18)28-11-10-27-20/h4-9,12-13,15H,10-11H2,1-3H3,(H,24,26). The Morgan fingerprint density at radius 2 is 1.79 bits per heavy atom. The van der Waals surface area contributed by atoms with Crippen molar-refractivity contribution in [2.45, 2.75) is 26.8 Å². The third-order valence-electron chi connectivity index (χ3n) is 5.01. The van der Waals surface area contributed by atoms with E-state index in [4.69, 9.17) is 9.47 Å². The summed E-state index contributed by atoms with van der Waals surface area (Å²) >= 11 is 0. The van der Waals surface area contributed by atoms with Crippen LogP contribution in [-0.4, -0.2) is 28.7 Å². The summed E-state index contributed by atoms with van der Waals surface area (Å²) < 4.78 is 13.4. The third-order valence-corrected chi connectivity index (χ3v) is 5.01. The highest BCUT2D eigenvalue weighted by molar-refractivity contribution is 5.96. The van der Waals surface area contributed by atoms with Gasteiger partial charge < -0.3 is 19.4 Å². The smallest absolute Gasteiger partial charge is 0.253 e. The van der Waals surface area contributed by atoms with E-state index in [0.717, 1.165) is 34.1 Å². The number of aromatic nitrogens is 2. The van der Waals surface area contributed by atoms with Gasteiger partial charge in [0.25, 0.3) is 5.91 Å². The van der Waals surface area contributed by atoms with Crippen LogP contribution in [0.1, 0.15) is 40.3 Å². The molecule has 0 fully saturated rings. The maximum Gasteiger partial charge on any atom is 0.253 e. The number of rotatable bonds is 4. The molecule has 0 aliphatic carbocycles. The van der Waals surface area contributed by atoms with Crippen molar-refractivity contribution < 1.29 is 14.3 Å². The Balaban J connectivity index is 1.61. The highest BCUT2D eigenvalue weighted by atomic mass is 16.6. The molecular formula is C22H23N3O3. The summed E-state index contributed by atoms with van der Waals surface area (Å²) in [5, 5.41) is 3.07. The molecule has 1 amide bonds. The molecule has 0 bridgehead atoms. The fourth-order valence-corrected chi connectivity index (χ4v) is 3.57. The van der Waals surface area contributed by atoms with Crippen LogP contribution < -0.4 is 14.8 Å². The lowest BCUT2D eigenvalue weighted by Crippen LogP contribution is -2.27. The quantitative estimate of drug-likeness (QED) is 0.752. The number of ether oxygens (including phenoxy) is 2. The number of aryl methyl sites for hydroxylation is 1. The molecule has 0 radical (unpaired) electrons. The number of carbonyl (C=O) groups is 1. The van der Waals surface area contributed by atoms with E-state index < -0.39 is 0 Å². The molecule has 4 rings (SSSR count). The number of benzene rings is 1. The number of carbonyl (C=O) groups excluding carboxylic acids is 1. The van der Waals surface area contributed by atoms with Crippen LogP contribution in [0.5, 0.6) is 11.5 Å². The Bertz CT molecular complexity index is 1010. The lowest BCUT2D eigenvalue weighted by Gasteiger charge is -2.20. The highest BCUT2D eigenvalue weighted by Crippen LogP contribution is 2.33. The molecule has 1 N–H and O–H groups in total. The van der Waals surface area contributed by atoms with E-state index >= 15 is 0 Å². The molecule has 1 aliphatic heterocycles. The number of amides is 1. The Morgan fingerprint density at radius 1 is 1.07 bits per heavy atom. The average Bonchev–Trinajstić information content (AvgIpc) is 3.02. The lowest BCUT2D eigenvalue weighted by atomic mass is 10.1. The van der Waals surface area contributed by atoms with E-state index in [-0.39, 0.29) is 11.9 Å². The number of fused-ring (bicyclic) bond motifs is 1. The Kier molecular flexibility index (Phi) is 4.77. The van der Waals surface area contributed by atoms with Crippen molar-refractivity contribution in [1.29, 1.82) is 0 Å². The zero-order valence-corrected chi connectivity index (χ0v) is 16.2. The molecule has 1 unspecified atom stereocenters. The summed E-state index contributed by atoms with van der Waals surface area (Å²) in [6, 6.07) is 11.5. The summed E-state index contributed by atoms with van der Waals surface area (Å²) in [5.41, 5.74) is 4.49. The van der Waals surface area contributed by atoms with E-state index in [9.17, 15) is 4.79 Å². The van der Waals surface area contributed by atoms with E-state index in [1.807, 2.05) is 57.2 Å². The molecular weight excluding hydrogens is 354 g/mol. The van der Waals surface area contributed by atoms with Gasteiger partial charge >= 0.3 is 0 Å². The Labute approximate surface area is 164 Å². The molecule has 1 atom stereocenters. The predicted molar refractivity (Wildman–Crippen MR) is 106 cm³/mol. The fraction of sp³-hybridized carbons (Fsp3) is 0.273. The van der Waals surface area contributed by atoms with E-state index in [1.54, 1.807) is 12.4 Å². The van der Waals surface area contributed by atoms with Gasteiger partial charge in [0, 0.05) is 35.5 Å². The molecule has 6 heteroatoms. The Morgan fingerprint density at radius 3 is 2.54 bits per heavy atom. The van der Waals surface area contributed by atoms with Gasteiger partial charge in [-0.1, -0.05) is 0 Å². The van der Waals surface area contributed by atoms with Gasteiger partial charge in [0.2, 0.25) is 0 Å². The van der Waals surface area contributed by atoms with Crippen molar-refractivity contribution >= 4 is 5.91 Å². The number of nitrogens with one attached hydrogen (secondary N) is 1. The average molecular weight is 377 g/mol. The first-order valence-corrected chi connectivity index (χ1v) is 9.34. The molecule has 2 aromatic heterocycles. The van der Waals surface area contributed by atoms with Crippen LogP contribution in [0.3, 0.4) is 0 Å². The van der Waals surface area contributed by atoms with Gasteiger partial charge in [0.1, 0.15) is 13.2 Å². The summed E-state index contributed by atoms with van der Waals surface area (Å²) in [6.45, 7) is 7.02. The van der Waals surface area contributed by atoms with E-state index in [2.05, 4.69) is 14.9 Å². The second-order valence-corrected chi connectivity index (χ2v) is 6.92. The number of hydrogen-bond donors (Lipinski definition) is 1. The van der Waals surface area contributed by atoms with Gasteiger partial charge in [-0.3, -0.25) is 9.78 Å². The molecule has 28 heavy (non-hydrogen) atoms. The zero-order chi connectivity index (χ0) is 19.7. The largest absolute Gasteiger partial charge is 0.486 e. The molecule has 0 saturated heterocycles. The van der Waals surface area contributed by atoms with Gasteiger partial charge in [0.15, 0.2) is 11.5 Å². The number of hydrogen-bond acceptors (Lipinski definition) is 4. The monoisotopic (exact) mass is 377 g/mol. The highest BCUT2D eigenvalue weighted by Gasteiger charge is 2.20. The third kappa shape index (κ3) is 3.33. The SMILES string of the molecule is Cc1cc(C(=O)NC(C)c2ccncc2)c(C)n1-c1ccc2c(c1)OCCO2. The van der Waals surface area contributed by atoms with Crippen LogP contribution in [-0.2, 0) is 0 Å². The first-order valence-electron chi connectivity index (χ1n) is 9.34. The van der Waals surface area contributed by atoms with Crippen molar-refractivity contribution in [3.63, 3.8) is 0 Å². The molecule has 1 aliphatic rings. The lowest BCUT2D eigenvalue weighted by molar-refractivity contribution is 0.0939. The molecule has 0 spiro atoms. The number of nitrogens with zero attached hydrogens (tertiary/aromatic N) is 2. The van der Waals surface area contributed by atoms with Gasteiger partial charge in [-0.25, -0.2) is 0 Å². The topological polar surface area (TPSA) is 65.4 Å². The first kappa shape index (κ1) is 18.1. The molecule has 0 saturated carbocycles. The van der Waals surface area contributed by atoms with Crippen LogP contribution in [0.2, 0.25) is 0 Å². The second kappa shape index (κ2) is 7.38. The van der Waals surface area contributed by atoms with Crippen molar-refractivity contribution in [3.8, 4) is 17.2 Å². The zero-order valence-electron chi connectivity index (χ0n) is 16.2. The van der Waals surface area contributed by atoms with Crippen molar-refractivity contribution in [1.82, 2.24) is 14.9 Å². The molecule has 3 heterocycles. The molecule has 1 aromatic carbocycles. The van der Waals surface area contributed by atoms with Crippen molar-refractivity contribution in [3.05, 3.63) is 71.3 Å². The van der Waals surface area contributed by atoms with Crippen molar-refractivity contribution in [2.24, 2.45) is 0 Å². The minimum atomic E-state index is -0.104. The summed E-state index contributed by atoms with van der Waals surface area (Å²) in [7, 11) is 0. The van der Waals surface area contributed by atoms with Crippen LogP contribution in [0.4, 0.5) is 0 Å². The first-order chi connectivity index (χ1) is 13.5. The minimum Gasteiger partial charge on any atom is -0.486 e. The summed E-state index contributed by atoms with van der Waals surface area (Å²) in [4.78, 5) is 16.9. The van der Waals surface area contributed by atoms with Crippen LogP contribution in [0.15, 0.2) is 48.8 Å². The summed E-state index contributed by atoms with van der Waals surface area (Å²) in [6.07, 6.45) is 3.46. The van der Waals surface area contributed by atoms with Gasteiger partial charge in [-0.15, -0.1) is 0 Å². The maximum absolute atomic E-state index is 12.9.